The Balaban J connectivity index is 1.99. The molecule has 1 aromatic carbocycles. The molecule has 0 spiro atoms. The van der Waals surface area contributed by atoms with Crippen LogP contribution in [0, 0.1) is 0 Å². The zero-order valence-electron chi connectivity index (χ0n) is 13.8. The molecule has 1 aliphatic rings. The molecule has 1 aromatic rings. The fourth-order valence-electron chi connectivity index (χ4n) is 3.27. The summed E-state index contributed by atoms with van der Waals surface area (Å²) in [4.78, 5) is 2.58. The number of likely N-dealkylation sites (N-methyl/N-ethyl adjacent to an activating group) is 1. The first kappa shape index (κ1) is 16.5. The van der Waals surface area contributed by atoms with Crippen molar-refractivity contribution in [1.29, 1.82) is 0 Å². The second-order valence-electron chi connectivity index (χ2n) is 6.39. The number of rotatable bonds is 7. The molecule has 0 amide bonds. The largest absolute Gasteiger partial charge is 0.379 e. The Kier molecular flexibility index (Phi) is 6.22. The van der Waals surface area contributed by atoms with Gasteiger partial charge in [0.1, 0.15) is 0 Å². The van der Waals surface area contributed by atoms with Crippen molar-refractivity contribution in [2.24, 2.45) is 0 Å². The Bertz CT molecular complexity index is 399. The van der Waals surface area contributed by atoms with E-state index in [2.05, 4.69) is 61.3 Å². The highest BCUT2D eigenvalue weighted by atomic mass is 16.5. The van der Waals surface area contributed by atoms with Crippen molar-refractivity contribution in [1.82, 2.24) is 10.2 Å². The SMILES string of the molecule is CCNC(CCc1ccccc1)C(C)(C)N1CCOCC1. The molecule has 1 fully saturated rings. The van der Waals surface area contributed by atoms with Gasteiger partial charge in [-0.25, -0.2) is 0 Å². The summed E-state index contributed by atoms with van der Waals surface area (Å²) in [6, 6.07) is 11.3. The molecule has 118 valence electrons. The molecule has 1 atom stereocenters. The number of nitrogens with zero attached hydrogens (tertiary/aromatic N) is 1. The molecule has 0 saturated carbocycles. The topological polar surface area (TPSA) is 24.5 Å². The van der Waals surface area contributed by atoms with Gasteiger partial charge >= 0.3 is 0 Å². The van der Waals surface area contributed by atoms with E-state index in [-0.39, 0.29) is 5.54 Å². The van der Waals surface area contributed by atoms with E-state index in [1.807, 2.05) is 0 Å². The number of hydrogen-bond donors (Lipinski definition) is 1. The van der Waals surface area contributed by atoms with Crippen molar-refractivity contribution in [2.45, 2.75) is 45.2 Å². The predicted octanol–water partition coefficient (Wildman–Crippen LogP) is 2.71. The van der Waals surface area contributed by atoms with Crippen molar-refractivity contribution in [3.05, 3.63) is 35.9 Å². The van der Waals surface area contributed by atoms with E-state index in [1.54, 1.807) is 0 Å². The molecule has 1 N–H and O–H groups in total. The van der Waals surface area contributed by atoms with Crippen LogP contribution in [0.15, 0.2) is 30.3 Å². The van der Waals surface area contributed by atoms with Crippen molar-refractivity contribution >= 4 is 0 Å². The van der Waals surface area contributed by atoms with Gasteiger partial charge in [0.25, 0.3) is 0 Å². The van der Waals surface area contributed by atoms with Crippen LogP contribution < -0.4 is 5.32 Å². The van der Waals surface area contributed by atoms with E-state index in [1.165, 1.54) is 12.0 Å². The maximum absolute atomic E-state index is 5.50. The van der Waals surface area contributed by atoms with E-state index in [0.717, 1.165) is 39.3 Å². The number of benzene rings is 1. The maximum atomic E-state index is 5.50. The molecular formula is C18H30N2O. The average molecular weight is 290 g/mol. The first-order chi connectivity index (χ1) is 10.1. The Morgan fingerprint density at radius 1 is 1.19 bits per heavy atom. The van der Waals surface area contributed by atoms with Crippen molar-refractivity contribution in [2.75, 3.05) is 32.8 Å². The van der Waals surface area contributed by atoms with Gasteiger partial charge in [-0.15, -0.1) is 0 Å². The van der Waals surface area contributed by atoms with Gasteiger partial charge in [-0.05, 0) is 38.8 Å². The summed E-state index contributed by atoms with van der Waals surface area (Å²) in [5, 5.41) is 3.71. The summed E-state index contributed by atoms with van der Waals surface area (Å²) in [6.07, 6.45) is 2.30. The monoisotopic (exact) mass is 290 g/mol. The summed E-state index contributed by atoms with van der Waals surface area (Å²) < 4.78 is 5.50. The lowest BCUT2D eigenvalue weighted by molar-refractivity contribution is -0.0241. The number of hydrogen-bond acceptors (Lipinski definition) is 3. The van der Waals surface area contributed by atoms with E-state index in [0.29, 0.717) is 6.04 Å². The zero-order valence-corrected chi connectivity index (χ0v) is 13.8. The highest BCUT2D eigenvalue weighted by Crippen LogP contribution is 2.24. The predicted molar refractivity (Wildman–Crippen MR) is 88.7 cm³/mol. The Labute approximate surface area is 129 Å². The quantitative estimate of drug-likeness (QED) is 0.835. The van der Waals surface area contributed by atoms with Gasteiger partial charge in [-0.1, -0.05) is 37.3 Å². The molecular weight excluding hydrogens is 260 g/mol. The molecule has 0 aromatic heterocycles. The summed E-state index contributed by atoms with van der Waals surface area (Å²) in [6.45, 7) is 11.8. The smallest absolute Gasteiger partial charge is 0.0594 e. The summed E-state index contributed by atoms with van der Waals surface area (Å²) in [5.74, 6) is 0. The molecule has 0 aliphatic carbocycles. The number of ether oxygens (including phenoxy) is 1. The number of morpholine rings is 1. The Morgan fingerprint density at radius 3 is 2.48 bits per heavy atom. The van der Waals surface area contributed by atoms with E-state index in [9.17, 15) is 0 Å². The fourth-order valence-corrected chi connectivity index (χ4v) is 3.27. The minimum atomic E-state index is 0.161. The van der Waals surface area contributed by atoms with Crippen LogP contribution in [0.3, 0.4) is 0 Å². The van der Waals surface area contributed by atoms with Gasteiger partial charge in [0.05, 0.1) is 13.2 Å². The minimum absolute atomic E-state index is 0.161. The van der Waals surface area contributed by atoms with E-state index in [4.69, 9.17) is 4.74 Å². The number of nitrogens with one attached hydrogen (secondary N) is 1. The van der Waals surface area contributed by atoms with Crippen LogP contribution >= 0.6 is 0 Å². The van der Waals surface area contributed by atoms with Crippen LogP contribution in [0.2, 0.25) is 0 Å². The third-order valence-corrected chi connectivity index (χ3v) is 4.69. The summed E-state index contributed by atoms with van der Waals surface area (Å²) in [7, 11) is 0. The van der Waals surface area contributed by atoms with Gasteiger partial charge in [0, 0.05) is 24.7 Å². The molecule has 2 rings (SSSR count). The van der Waals surface area contributed by atoms with E-state index >= 15 is 0 Å². The van der Waals surface area contributed by atoms with Crippen molar-refractivity contribution in [3.8, 4) is 0 Å². The molecule has 1 unspecified atom stereocenters. The molecule has 1 saturated heterocycles. The Hall–Kier alpha value is -0.900. The fraction of sp³-hybridized carbons (Fsp3) is 0.667. The zero-order chi connectivity index (χ0) is 15.1. The van der Waals surface area contributed by atoms with Crippen molar-refractivity contribution in [3.63, 3.8) is 0 Å². The Morgan fingerprint density at radius 2 is 1.86 bits per heavy atom. The number of aryl methyl sites for hydroxylation is 1. The third-order valence-electron chi connectivity index (χ3n) is 4.69. The van der Waals surface area contributed by atoms with Crippen LogP contribution in [0.5, 0.6) is 0 Å². The van der Waals surface area contributed by atoms with Crippen molar-refractivity contribution < 1.29 is 4.74 Å². The minimum Gasteiger partial charge on any atom is -0.379 e. The second kappa shape index (κ2) is 7.92. The molecule has 0 bridgehead atoms. The molecule has 1 heterocycles. The van der Waals surface area contributed by atoms with Crippen LogP contribution in [0.25, 0.3) is 0 Å². The lowest BCUT2D eigenvalue weighted by Gasteiger charge is -2.46. The normalized spacial score (nSPS) is 18.6. The summed E-state index contributed by atoms with van der Waals surface area (Å²) >= 11 is 0. The first-order valence-corrected chi connectivity index (χ1v) is 8.24. The van der Waals surface area contributed by atoms with E-state index < -0.39 is 0 Å². The standard InChI is InChI=1S/C18H30N2O/c1-4-19-17(11-10-16-8-6-5-7-9-16)18(2,3)20-12-14-21-15-13-20/h5-9,17,19H,4,10-15H2,1-3H3. The lowest BCUT2D eigenvalue weighted by atomic mass is 9.87. The van der Waals surface area contributed by atoms with Crippen LogP contribution in [0.4, 0.5) is 0 Å². The van der Waals surface area contributed by atoms with Crippen LogP contribution in [-0.4, -0.2) is 49.3 Å². The molecule has 3 nitrogen and oxygen atoms in total. The van der Waals surface area contributed by atoms with Gasteiger partial charge in [-0.2, -0.15) is 0 Å². The lowest BCUT2D eigenvalue weighted by Crippen LogP contribution is -2.60. The highest BCUT2D eigenvalue weighted by Gasteiger charge is 2.35. The first-order valence-electron chi connectivity index (χ1n) is 8.24. The van der Waals surface area contributed by atoms with Crippen LogP contribution in [0.1, 0.15) is 32.8 Å². The van der Waals surface area contributed by atoms with Gasteiger partial charge in [0.2, 0.25) is 0 Å². The maximum Gasteiger partial charge on any atom is 0.0594 e. The van der Waals surface area contributed by atoms with Crippen LogP contribution in [-0.2, 0) is 11.2 Å². The highest BCUT2D eigenvalue weighted by molar-refractivity contribution is 5.15. The molecule has 3 heteroatoms. The van der Waals surface area contributed by atoms with Gasteiger partial charge in [0.15, 0.2) is 0 Å². The third kappa shape index (κ3) is 4.53. The molecule has 0 radical (unpaired) electrons. The molecule has 1 aliphatic heterocycles. The molecule has 21 heavy (non-hydrogen) atoms. The second-order valence-corrected chi connectivity index (χ2v) is 6.39. The average Bonchev–Trinajstić information content (AvgIpc) is 2.53. The van der Waals surface area contributed by atoms with Gasteiger partial charge in [-0.3, -0.25) is 4.90 Å². The van der Waals surface area contributed by atoms with Gasteiger partial charge < -0.3 is 10.1 Å². The summed E-state index contributed by atoms with van der Waals surface area (Å²) in [5.41, 5.74) is 1.59.